The van der Waals surface area contributed by atoms with Gasteiger partial charge in [0.2, 0.25) is 0 Å². The summed E-state index contributed by atoms with van der Waals surface area (Å²) in [7, 11) is 1.55. The molecule has 0 spiro atoms. The summed E-state index contributed by atoms with van der Waals surface area (Å²) in [6.45, 7) is 9.35. The molecule has 3 rings (SSSR count). The van der Waals surface area contributed by atoms with E-state index in [4.69, 9.17) is 9.47 Å². The molecule has 1 heterocycles. The number of Topliss-reactive ketones (excluding diaryl/α,β-unsaturated/α-hetero) is 1. The third-order valence-corrected chi connectivity index (χ3v) is 6.10. The van der Waals surface area contributed by atoms with E-state index in [2.05, 4.69) is 18.7 Å². The van der Waals surface area contributed by atoms with Crippen molar-refractivity contribution in [2.45, 2.75) is 33.2 Å². The van der Waals surface area contributed by atoms with Crippen LogP contribution in [-0.4, -0.2) is 66.5 Å². The lowest BCUT2D eigenvalue weighted by molar-refractivity contribution is -0.140. The number of aliphatic hydroxyl groups is 1. The molecular weight excluding hydrogens is 432 g/mol. The van der Waals surface area contributed by atoms with Gasteiger partial charge in [0.1, 0.15) is 5.76 Å². The second kappa shape index (κ2) is 11.7. The average Bonchev–Trinajstić information content (AvgIpc) is 3.13. The SMILES string of the molecule is CCCOc1ccc([C@H]2/C(=C(\O)c3ccccc3)C(=O)C(=O)N2CCN(CC)CC)cc1OC. The fraction of sp³-hybridized carbons (Fsp3) is 0.407. The molecule has 182 valence electrons. The van der Waals surface area contributed by atoms with Gasteiger partial charge in [-0.3, -0.25) is 9.59 Å². The van der Waals surface area contributed by atoms with Gasteiger partial charge in [-0.2, -0.15) is 0 Å². The third-order valence-electron chi connectivity index (χ3n) is 6.10. The average molecular weight is 467 g/mol. The van der Waals surface area contributed by atoms with E-state index in [9.17, 15) is 14.7 Å². The molecule has 0 saturated carbocycles. The molecule has 1 fully saturated rings. The fourth-order valence-corrected chi connectivity index (χ4v) is 4.18. The molecule has 0 aliphatic carbocycles. The summed E-state index contributed by atoms with van der Waals surface area (Å²) in [4.78, 5) is 30.1. The van der Waals surface area contributed by atoms with E-state index < -0.39 is 17.7 Å². The number of ether oxygens (including phenoxy) is 2. The minimum Gasteiger partial charge on any atom is -0.507 e. The van der Waals surface area contributed by atoms with Crippen LogP contribution in [0.25, 0.3) is 5.76 Å². The fourth-order valence-electron chi connectivity index (χ4n) is 4.18. The number of amides is 1. The molecule has 0 bridgehead atoms. The molecule has 34 heavy (non-hydrogen) atoms. The van der Waals surface area contributed by atoms with E-state index >= 15 is 0 Å². The topological polar surface area (TPSA) is 79.3 Å². The van der Waals surface area contributed by atoms with E-state index in [0.29, 0.717) is 42.3 Å². The van der Waals surface area contributed by atoms with Crippen LogP contribution in [0.2, 0.25) is 0 Å². The maximum Gasteiger partial charge on any atom is 0.295 e. The number of carbonyl (C=O) groups is 2. The molecule has 0 radical (unpaired) electrons. The monoisotopic (exact) mass is 466 g/mol. The van der Waals surface area contributed by atoms with Crippen LogP contribution in [-0.2, 0) is 9.59 Å². The zero-order valence-electron chi connectivity index (χ0n) is 20.4. The first-order valence-electron chi connectivity index (χ1n) is 11.8. The Morgan fingerprint density at radius 3 is 2.35 bits per heavy atom. The summed E-state index contributed by atoms with van der Waals surface area (Å²) in [5.41, 5.74) is 1.25. The number of rotatable bonds is 11. The zero-order valence-corrected chi connectivity index (χ0v) is 20.4. The predicted molar refractivity (Wildman–Crippen MR) is 132 cm³/mol. The number of ketones is 1. The molecule has 0 unspecified atom stereocenters. The van der Waals surface area contributed by atoms with Crippen molar-refractivity contribution in [3.8, 4) is 11.5 Å². The summed E-state index contributed by atoms with van der Waals surface area (Å²) in [6, 6.07) is 13.5. The van der Waals surface area contributed by atoms with Crippen LogP contribution < -0.4 is 9.47 Å². The van der Waals surface area contributed by atoms with Crippen molar-refractivity contribution in [1.82, 2.24) is 9.80 Å². The predicted octanol–water partition coefficient (Wildman–Crippen LogP) is 4.25. The van der Waals surface area contributed by atoms with Crippen LogP contribution in [0.4, 0.5) is 0 Å². The van der Waals surface area contributed by atoms with Gasteiger partial charge in [0, 0.05) is 18.7 Å². The lowest BCUT2D eigenvalue weighted by atomic mass is 9.95. The van der Waals surface area contributed by atoms with Gasteiger partial charge in [0.25, 0.3) is 11.7 Å². The van der Waals surface area contributed by atoms with E-state index in [0.717, 1.165) is 19.5 Å². The maximum atomic E-state index is 13.2. The molecule has 7 nitrogen and oxygen atoms in total. The van der Waals surface area contributed by atoms with Crippen LogP contribution in [0.3, 0.4) is 0 Å². The highest BCUT2D eigenvalue weighted by Gasteiger charge is 2.46. The van der Waals surface area contributed by atoms with Crippen LogP contribution in [0, 0.1) is 0 Å². The Hall–Kier alpha value is -3.32. The quantitative estimate of drug-likeness (QED) is 0.303. The first kappa shape index (κ1) is 25.3. The molecule has 1 N–H and O–H groups in total. The van der Waals surface area contributed by atoms with E-state index in [1.165, 1.54) is 0 Å². The molecule has 1 amide bonds. The van der Waals surface area contributed by atoms with Crippen LogP contribution in [0.15, 0.2) is 54.1 Å². The van der Waals surface area contributed by atoms with Crippen LogP contribution in [0.5, 0.6) is 11.5 Å². The Kier molecular flexibility index (Phi) is 8.71. The molecule has 1 saturated heterocycles. The van der Waals surface area contributed by atoms with Gasteiger partial charge in [0.15, 0.2) is 11.5 Å². The van der Waals surface area contributed by atoms with Crippen molar-refractivity contribution in [3.63, 3.8) is 0 Å². The minimum atomic E-state index is -0.732. The highest BCUT2D eigenvalue weighted by molar-refractivity contribution is 6.46. The Morgan fingerprint density at radius 2 is 1.74 bits per heavy atom. The van der Waals surface area contributed by atoms with Gasteiger partial charge >= 0.3 is 0 Å². The Bertz CT molecular complexity index is 1030. The molecule has 2 aromatic carbocycles. The molecule has 1 aliphatic rings. The molecule has 0 aromatic heterocycles. The lowest BCUT2D eigenvalue weighted by Gasteiger charge is -2.28. The maximum absolute atomic E-state index is 13.2. The molecule has 1 atom stereocenters. The van der Waals surface area contributed by atoms with Crippen molar-refractivity contribution in [1.29, 1.82) is 0 Å². The third kappa shape index (κ3) is 5.25. The summed E-state index contributed by atoms with van der Waals surface area (Å²) in [5, 5.41) is 11.1. The molecule has 2 aromatic rings. The van der Waals surface area contributed by atoms with E-state index in [1.54, 1.807) is 48.4 Å². The van der Waals surface area contributed by atoms with Crippen LogP contribution >= 0.6 is 0 Å². The first-order valence-corrected chi connectivity index (χ1v) is 11.8. The Balaban J connectivity index is 2.11. The number of methoxy groups -OCH3 is 1. The van der Waals surface area contributed by atoms with Crippen molar-refractivity contribution in [3.05, 3.63) is 65.2 Å². The van der Waals surface area contributed by atoms with Gasteiger partial charge in [-0.25, -0.2) is 0 Å². The number of carbonyl (C=O) groups excluding carboxylic acids is 2. The van der Waals surface area contributed by atoms with Crippen molar-refractivity contribution in [2.75, 3.05) is 39.9 Å². The Labute approximate surface area is 201 Å². The zero-order chi connectivity index (χ0) is 24.7. The number of nitrogens with zero attached hydrogens (tertiary/aromatic N) is 2. The lowest BCUT2D eigenvalue weighted by Crippen LogP contribution is -2.38. The first-order chi connectivity index (χ1) is 16.5. The normalized spacial score (nSPS) is 17.4. The van der Waals surface area contributed by atoms with Gasteiger partial charge in [0.05, 0.1) is 25.3 Å². The minimum absolute atomic E-state index is 0.0834. The molecule has 7 heteroatoms. The van der Waals surface area contributed by atoms with Crippen molar-refractivity contribution >= 4 is 17.4 Å². The van der Waals surface area contributed by atoms with E-state index in [-0.39, 0.29) is 11.3 Å². The number of aliphatic hydroxyl groups excluding tert-OH is 1. The highest BCUT2D eigenvalue weighted by atomic mass is 16.5. The van der Waals surface area contributed by atoms with Crippen molar-refractivity contribution < 1.29 is 24.2 Å². The second-order valence-electron chi connectivity index (χ2n) is 8.14. The number of hydrogen-bond donors (Lipinski definition) is 1. The Morgan fingerprint density at radius 1 is 1.03 bits per heavy atom. The summed E-state index contributed by atoms with van der Waals surface area (Å²) in [6.07, 6.45) is 0.855. The van der Waals surface area contributed by atoms with Gasteiger partial charge in [-0.15, -0.1) is 0 Å². The second-order valence-corrected chi connectivity index (χ2v) is 8.14. The van der Waals surface area contributed by atoms with Crippen molar-refractivity contribution in [2.24, 2.45) is 0 Å². The van der Waals surface area contributed by atoms with Gasteiger partial charge < -0.3 is 24.4 Å². The number of likely N-dealkylation sites (N-methyl/N-ethyl adjacent to an activating group) is 1. The number of likely N-dealkylation sites (tertiary alicyclic amines) is 1. The molecule has 1 aliphatic heterocycles. The number of hydrogen-bond acceptors (Lipinski definition) is 6. The van der Waals surface area contributed by atoms with E-state index in [1.807, 2.05) is 19.1 Å². The van der Waals surface area contributed by atoms with Crippen LogP contribution in [0.1, 0.15) is 44.4 Å². The highest BCUT2D eigenvalue weighted by Crippen LogP contribution is 2.41. The van der Waals surface area contributed by atoms with Gasteiger partial charge in [-0.05, 0) is 37.2 Å². The largest absolute Gasteiger partial charge is 0.507 e. The number of benzene rings is 2. The smallest absolute Gasteiger partial charge is 0.295 e. The summed E-state index contributed by atoms with van der Waals surface area (Å²) < 4.78 is 11.3. The summed E-state index contributed by atoms with van der Waals surface area (Å²) in [5.74, 6) is -0.369. The summed E-state index contributed by atoms with van der Waals surface area (Å²) >= 11 is 0. The standard InChI is InChI=1S/C27H34N2O5/c1-5-17-34-21-14-13-20(18-22(21)33-4)24-23(25(30)19-11-9-8-10-12-19)26(31)27(32)29(24)16-15-28(6-2)7-3/h8-14,18,24,30H,5-7,15-17H2,1-4H3/b25-23+/t24-/m0/s1. The van der Waals surface area contributed by atoms with Gasteiger partial charge in [-0.1, -0.05) is 57.2 Å². The molecular formula is C27H34N2O5.